The minimum atomic E-state index is -0.00560. The van der Waals surface area contributed by atoms with Crippen LogP contribution in [0.15, 0.2) is 30.6 Å². The summed E-state index contributed by atoms with van der Waals surface area (Å²) in [6.07, 6.45) is 3.62. The molecule has 0 saturated carbocycles. The Balaban J connectivity index is 2.21. The van der Waals surface area contributed by atoms with Gasteiger partial charge in [0.15, 0.2) is 0 Å². The number of hydrogen-bond donors (Lipinski definition) is 1. The third-order valence-corrected chi connectivity index (χ3v) is 3.42. The van der Waals surface area contributed by atoms with Crippen LogP contribution in [0.25, 0.3) is 0 Å². The highest BCUT2D eigenvalue weighted by Crippen LogP contribution is 2.19. The molecule has 1 aromatic carbocycles. The number of aromatic nitrogens is 2. The number of anilines is 1. The second kappa shape index (κ2) is 6.43. The first-order valence-corrected chi connectivity index (χ1v) is 7.09. The van der Waals surface area contributed by atoms with Gasteiger partial charge in [-0.2, -0.15) is 0 Å². The number of benzene rings is 1. The Hall–Kier alpha value is -2.30. The Morgan fingerprint density at radius 2 is 2.19 bits per heavy atom. The van der Waals surface area contributed by atoms with E-state index in [0.717, 1.165) is 23.6 Å². The topological polar surface area (TPSA) is 50.2 Å². The van der Waals surface area contributed by atoms with E-state index in [-0.39, 0.29) is 5.91 Å². The van der Waals surface area contributed by atoms with E-state index in [1.54, 1.807) is 18.1 Å². The van der Waals surface area contributed by atoms with Crippen molar-refractivity contribution in [3.05, 3.63) is 47.5 Å². The molecule has 2 aromatic rings. The van der Waals surface area contributed by atoms with Crippen LogP contribution in [0.1, 0.15) is 28.7 Å². The van der Waals surface area contributed by atoms with Crippen LogP contribution in [-0.4, -0.2) is 34.0 Å². The molecule has 0 aliphatic carbocycles. The van der Waals surface area contributed by atoms with Gasteiger partial charge in [0.25, 0.3) is 5.91 Å². The number of amides is 1. The second-order valence-electron chi connectivity index (χ2n) is 5.19. The summed E-state index contributed by atoms with van der Waals surface area (Å²) in [6.45, 7) is 5.31. The SMILES string of the molecule is CCNc1cc(C)ccc1C(=O)N(C)Cc1nccn1C. The normalized spacial score (nSPS) is 10.5. The summed E-state index contributed by atoms with van der Waals surface area (Å²) in [7, 11) is 3.73. The Morgan fingerprint density at radius 3 is 2.81 bits per heavy atom. The molecule has 21 heavy (non-hydrogen) atoms. The van der Waals surface area contributed by atoms with E-state index in [1.165, 1.54) is 0 Å². The molecule has 0 bridgehead atoms. The van der Waals surface area contributed by atoms with Gasteiger partial charge in [0, 0.05) is 38.7 Å². The first-order valence-electron chi connectivity index (χ1n) is 7.09. The van der Waals surface area contributed by atoms with Crippen LogP contribution < -0.4 is 5.32 Å². The van der Waals surface area contributed by atoms with Gasteiger partial charge in [0.05, 0.1) is 12.1 Å². The number of carbonyl (C=O) groups excluding carboxylic acids is 1. The van der Waals surface area contributed by atoms with Gasteiger partial charge in [-0.15, -0.1) is 0 Å². The quantitative estimate of drug-likeness (QED) is 0.918. The second-order valence-corrected chi connectivity index (χ2v) is 5.19. The lowest BCUT2D eigenvalue weighted by molar-refractivity contribution is 0.0781. The Kier molecular flexibility index (Phi) is 4.62. The first kappa shape index (κ1) is 15.1. The van der Waals surface area contributed by atoms with E-state index in [0.29, 0.717) is 12.1 Å². The highest BCUT2D eigenvalue weighted by molar-refractivity contribution is 5.99. The fourth-order valence-electron chi connectivity index (χ4n) is 2.22. The van der Waals surface area contributed by atoms with Gasteiger partial charge in [-0.1, -0.05) is 6.07 Å². The molecule has 0 aliphatic rings. The fourth-order valence-corrected chi connectivity index (χ4v) is 2.22. The van der Waals surface area contributed by atoms with Gasteiger partial charge in [-0.05, 0) is 31.5 Å². The van der Waals surface area contributed by atoms with E-state index in [9.17, 15) is 4.79 Å². The van der Waals surface area contributed by atoms with Crippen LogP contribution in [-0.2, 0) is 13.6 Å². The average molecular weight is 286 g/mol. The molecule has 0 aliphatic heterocycles. The summed E-state index contributed by atoms with van der Waals surface area (Å²) in [5, 5.41) is 3.25. The number of hydrogen-bond acceptors (Lipinski definition) is 3. The Labute approximate surface area is 125 Å². The highest BCUT2D eigenvalue weighted by atomic mass is 16.2. The van der Waals surface area contributed by atoms with E-state index >= 15 is 0 Å². The lowest BCUT2D eigenvalue weighted by atomic mass is 10.1. The van der Waals surface area contributed by atoms with Crippen LogP contribution in [0.2, 0.25) is 0 Å². The first-order chi connectivity index (χ1) is 10.0. The van der Waals surface area contributed by atoms with Gasteiger partial charge in [-0.25, -0.2) is 4.98 Å². The Morgan fingerprint density at radius 1 is 1.43 bits per heavy atom. The molecule has 0 fully saturated rings. The van der Waals surface area contributed by atoms with Crippen LogP contribution in [0.3, 0.4) is 0 Å². The summed E-state index contributed by atoms with van der Waals surface area (Å²) >= 11 is 0. The van der Waals surface area contributed by atoms with Crippen molar-refractivity contribution in [3.8, 4) is 0 Å². The molecule has 0 radical (unpaired) electrons. The number of aryl methyl sites for hydroxylation is 2. The van der Waals surface area contributed by atoms with Crippen LogP contribution in [0.4, 0.5) is 5.69 Å². The molecule has 1 amide bonds. The standard InChI is InChI=1S/C16H22N4O/c1-5-17-14-10-12(2)6-7-13(14)16(21)20(4)11-15-18-8-9-19(15)3/h6-10,17H,5,11H2,1-4H3. The molecular weight excluding hydrogens is 264 g/mol. The summed E-state index contributed by atoms with van der Waals surface area (Å²) < 4.78 is 1.92. The summed E-state index contributed by atoms with van der Waals surface area (Å²) in [5.41, 5.74) is 2.71. The van der Waals surface area contributed by atoms with Crippen molar-refractivity contribution in [3.63, 3.8) is 0 Å². The predicted molar refractivity (Wildman–Crippen MR) is 84.3 cm³/mol. The number of imidazole rings is 1. The van der Waals surface area contributed by atoms with Crippen molar-refractivity contribution in [1.29, 1.82) is 0 Å². The van der Waals surface area contributed by atoms with Gasteiger partial charge >= 0.3 is 0 Å². The van der Waals surface area contributed by atoms with Crippen molar-refractivity contribution in [2.24, 2.45) is 7.05 Å². The number of nitrogens with zero attached hydrogens (tertiary/aromatic N) is 3. The van der Waals surface area contributed by atoms with E-state index in [1.807, 2.05) is 49.9 Å². The fraction of sp³-hybridized carbons (Fsp3) is 0.375. The van der Waals surface area contributed by atoms with Crippen LogP contribution in [0, 0.1) is 6.92 Å². The van der Waals surface area contributed by atoms with E-state index in [2.05, 4.69) is 10.3 Å². The van der Waals surface area contributed by atoms with Crippen LogP contribution >= 0.6 is 0 Å². The lowest BCUT2D eigenvalue weighted by Crippen LogP contribution is -2.28. The van der Waals surface area contributed by atoms with Gasteiger partial charge in [0.2, 0.25) is 0 Å². The van der Waals surface area contributed by atoms with Crippen molar-refractivity contribution >= 4 is 11.6 Å². The zero-order valence-electron chi connectivity index (χ0n) is 13.1. The maximum Gasteiger partial charge on any atom is 0.256 e. The van der Waals surface area contributed by atoms with Crippen molar-refractivity contribution in [1.82, 2.24) is 14.5 Å². The molecule has 1 N–H and O–H groups in total. The maximum atomic E-state index is 12.6. The molecule has 1 heterocycles. The molecule has 0 spiro atoms. The molecule has 2 rings (SSSR count). The van der Waals surface area contributed by atoms with E-state index < -0.39 is 0 Å². The zero-order chi connectivity index (χ0) is 15.4. The molecule has 112 valence electrons. The molecule has 0 unspecified atom stereocenters. The summed E-state index contributed by atoms with van der Waals surface area (Å²) in [6, 6.07) is 5.85. The third-order valence-electron chi connectivity index (χ3n) is 3.42. The zero-order valence-corrected chi connectivity index (χ0v) is 13.1. The number of carbonyl (C=O) groups is 1. The number of rotatable bonds is 5. The van der Waals surface area contributed by atoms with Crippen molar-refractivity contribution in [2.75, 3.05) is 18.9 Å². The third kappa shape index (κ3) is 3.42. The largest absolute Gasteiger partial charge is 0.385 e. The smallest absolute Gasteiger partial charge is 0.256 e. The van der Waals surface area contributed by atoms with Crippen molar-refractivity contribution in [2.45, 2.75) is 20.4 Å². The minimum absolute atomic E-state index is 0.00560. The lowest BCUT2D eigenvalue weighted by Gasteiger charge is -2.19. The predicted octanol–water partition coefficient (Wildman–Crippen LogP) is 2.43. The average Bonchev–Trinajstić information content (AvgIpc) is 2.84. The van der Waals surface area contributed by atoms with E-state index in [4.69, 9.17) is 0 Å². The summed E-state index contributed by atoms with van der Waals surface area (Å²) in [5.74, 6) is 0.858. The van der Waals surface area contributed by atoms with Gasteiger partial charge in [0.1, 0.15) is 5.82 Å². The van der Waals surface area contributed by atoms with Gasteiger partial charge in [-0.3, -0.25) is 4.79 Å². The minimum Gasteiger partial charge on any atom is -0.385 e. The maximum absolute atomic E-state index is 12.6. The molecule has 0 atom stereocenters. The monoisotopic (exact) mass is 286 g/mol. The van der Waals surface area contributed by atoms with Gasteiger partial charge < -0.3 is 14.8 Å². The molecule has 5 heteroatoms. The molecular formula is C16H22N4O. The summed E-state index contributed by atoms with van der Waals surface area (Å²) in [4.78, 5) is 18.6. The van der Waals surface area contributed by atoms with Crippen molar-refractivity contribution < 1.29 is 4.79 Å². The molecule has 1 aromatic heterocycles. The number of nitrogens with one attached hydrogen (secondary N) is 1. The van der Waals surface area contributed by atoms with Crippen LogP contribution in [0.5, 0.6) is 0 Å². The molecule has 5 nitrogen and oxygen atoms in total. The highest BCUT2D eigenvalue weighted by Gasteiger charge is 2.17. The molecule has 0 saturated heterocycles. The Bertz CT molecular complexity index is 633.